The highest BCUT2D eigenvalue weighted by Crippen LogP contribution is 2.35. The molecule has 0 aliphatic carbocycles. The van der Waals surface area contributed by atoms with Crippen LogP contribution in [0.25, 0.3) is 0 Å². The first kappa shape index (κ1) is 14.0. The lowest BCUT2D eigenvalue weighted by molar-refractivity contribution is -0.140. The number of benzene rings is 1. The second kappa shape index (κ2) is 4.62. The van der Waals surface area contributed by atoms with Crippen LogP contribution in [-0.2, 0) is 6.18 Å². The highest BCUT2D eigenvalue weighted by atomic mass is 19.4. The van der Waals surface area contributed by atoms with Gasteiger partial charge in [-0.1, -0.05) is 19.9 Å². The van der Waals surface area contributed by atoms with Crippen molar-refractivity contribution in [2.75, 3.05) is 6.54 Å². The van der Waals surface area contributed by atoms with Crippen LogP contribution in [0.2, 0.25) is 0 Å². The number of halogens is 4. The van der Waals surface area contributed by atoms with Crippen molar-refractivity contribution in [3.05, 3.63) is 35.1 Å². The number of aliphatic imine (C=N–C) groups is 1. The number of nitrogens with zero attached hydrogens (tertiary/aromatic N) is 1. The molecular weight excluding hydrogens is 258 g/mol. The second-order valence-electron chi connectivity index (χ2n) is 5.41. The van der Waals surface area contributed by atoms with Crippen molar-refractivity contribution in [1.82, 2.24) is 0 Å². The Kier molecular flexibility index (Phi) is 3.41. The van der Waals surface area contributed by atoms with Gasteiger partial charge in [-0.2, -0.15) is 13.2 Å². The van der Waals surface area contributed by atoms with Gasteiger partial charge in [0.1, 0.15) is 5.82 Å². The van der Waals surface area contributed by atoms with Gasteiger partial charge >= 0.3 is 6.18 Å². The zero-order valence-corrected chi connectivity index (χ0v) is 10.8. The van der Waals surface area contributed by atoms with Gasteiger partial charge in [-0.05, 0) is 30.5 Å². The Morgan fingerprint density at radius 1 is 1.21 bits per heavy atom. The molecule has 5 heteroatoms. The molecule has 0 aromatic heterocycles. The van der Waals surface area contributed by atoms with Crippen LogP contribution in [0.4, 0.5) is 17.6 Å². The molecule has 0 unspecified atom stereocenters. The zero-order valence-electron chi connectivity index (χ0n) is 10.8. The van der Waals surface area contributed by atoms with Gasteiger partial charge in [-0.3, -0.25) is 4.99 Å². The van der Waals surface area contributed by atoms with E-state index >= 15 is 0 Å². The largest absolute Gasteiger partial charge is 0.419 e. The van der Waals surface area contributed by atoms with Crippen molar-refractivity contribution in [3.63, 3.8) is 0 Å². The summed E-state index contributed by atoms with van der Waals surface area (Å²) in [6, 6.07) is 3.10. The minimum atomic E-state index is -4.68. The van der Waals surface area contributed by atoms with Gasteiger partial charge in [0.05, 0.1) is 5.56 Å². The average Bonchev–Trinajstić information content (AvgIpc) is 2.28. The highest BCUT2D eigenvalue weighted by Gasteiger charge is 2.36. The summed E-state index contributed by atoms with van der Waals surface area (Å²) in [5.41, 5.74) is -0.518. The molecule has 1 aromatic rings. The quantitative estimate of drug-likeness (QED) is 0.670. The lowest BCUT2D eigenvalue weighted by Crippen LogP contribution is -2.29. The molecular formula is C14H15F4N. The van der Waals surface area contributed by atoms with Crippen LogP contribution in [0.5, 0.6) is 0 Å². The van der Waals surface area contributed by atoms with Gasteiger partial charge in [-0.15, -0.1) is 0 Å². The molecule has 0 fully saturated rings. The van der Waals surface area contributed by atoms with Crippen LogP contribution < -0.4 is 0 Å². The number of alkyl halides is 3. The lowest BCUT2D eigenvalue weighted by atomic mass is 9.77. The van der Waals surface area contributed by atoms with Crippen molar-refractivity contribution >= 4 is 5.71 Å². The molecule has 0 saturated heterocycles. The molecule has 0 bridgehead atoms. The molecule has 2 rings (SSSR count). The number of hydrogen-bond donors (Lipinski definition) is 0. The maximum Gasteiger partial charge on any atom is 0.419 e. The average molecular weight is 273 g/mol. The van der Waals surface area contributed by atoms with E-state index in [0.717, 1.165) is 25.0 Å². The van der Waals surface area contributed by atoms with Crippen molar-refractivity contribution in [1.29, 1.82) is 0 Å². The Bertz CT molecular complexity index is 515. The van der Waals surface area contributed by atoms with Crippen LogP contribution in [0, 0.1) is 11.2 Å². The van der Waals surface area contributed by atoms with Gasteiger partial charge in [0.25, 0.3) is 0 Å². The standard InChI is InChI=1S/C14H15F4N/c1-13(2)6-3-7-19-12(13)9-4-5-11(15)10(8-9)14(16,17)18/h4-5,8H,3,6-7H2,1-2H3. The molecule has 104 valence electrons. The molecule has 1 heterocycles. The highest BCUT2D eigenvalue weighted by molar-refractivity contribution is 6.04. The van der Waals surface area contributed by atoms with Crippen LogP contribution in [0.1, 0.15) is 37.8 Å². The van der Waals surface area contributed by atoms with Gasteiger partial charge in [0.2, 0.25) is 0 Å². The maximum atomic E-state index is 13.3. The van der Waals surface area contributed by atoms with Gasteiger partial charge in [0, 0.05) is 17.7 Å². The molecule has 1 aromatic carbocycles. The smallest absolute Gasteiger partial charge is 0.289 e. The van der Waals surface area contributed by atoms with E-state index in [1.165, 1.54) is 6.07 Å². The summed E-state index contributed by atoms with van der Waals surface area (Å²) in [6.07, 6.45) is -2.89. The van der Waals surface area contributed by atoms with E-state index in [1.54, 1.807) is 0 Å². The first-order valence-electron chi connectivity index (χ1n) is 6.14. The van der Waals surface area contributed by atoms with E-state index < -0.39 is 17.6 Å². The van der Waals surface area contributed by atoms with E-state index in [9.17, 15) is 17.6 Å². The van der Waals surface area contributed by atoms with E-state index in [2.05, 4.69) is 4.99 Å². The Labute approximate surface area is 109 Å². The van der Waals surface area contributed by atoms with Crippen LogP contribution in [0.3, 0.4) is 0 Å². The van der Waals surface area contributed by atoms with Crippen LogP contribution >= 0.6 is 0 Å². The second-order valence-corrected chi connectivity index (χ2v) is 5.41. The van der Waals surface area contributed by atoms with Crippen molar-refractivity contribution in [2.24, 2.45) is 10.4 Å². The molecule has 0 atom stereocenters. The molecule has 1 aliphatic heterocycles. The third-order valence-electron chi connectivity index (χ3n) is 3.42. The fraction of sp³-hybridized carbons (Fsp3) is 0.500. The minimum Gasteiger partial charge on any atom is -0.289 e. The molecule has 0 saturated carbocycles. The van der Waals surface area contributed by atoms with Crippen LogP contribution in [0.15, 0.2) is 23.2 Å². The summed E-state index contributed by atoms with van der Waals surface area (Å²) in [7, 11) is 0. The zero-order chi connectivity index (χ0) is 14.3. The molecule has 1 nitrogen and oxygen atoms in total. The summed E-state index contributed by atoms with van der Waals surface area (Å²) in [4.78, 5) is 4.33. The molecule has 0 spiro atoms. The van der Waals surface area contributed by atoms with E-state index in [4.69, 9.17) is 0 Å². The Morgan fingerprint density at radius 3 is 2.47 bits per heavy atom. The van der Waals surface area contributed by atoms with Crippen molar-refractivity contribution in [2.45, 2.75) is 32.9 Å². The monoisotopic (exact) mass is 273 g/mol. The number of hydrogen-bond acceptors (Lipinski definition) is 1. The van der Waals surface area contributed by atoms with Crippen molar-refractivity contribution in [3.8, 4) is 0 Å². The molecule has 0 radical (unpaired) electrons. The SMILES string of the molecule is CC1(C)CCCN=C1c1ccc(F)c(C(F)(F)F)c1. The third kappa shape index (κ3) is 2.80. The van der Waals surface area contributed by atoms with Gasteiger partial charge < -0.3 is 0 Å². The summed E-state index contributed by atoms with van der Waals surface area (Å²) in [5, 5.41) is 0. The predicted octanol–water partition coefficient (Wildman–Crippen LogP) is 4.45. The molecule has 19 heavy (non-hydrogen) atoms. The fourth-order valence-corrected chi connectivity index (χ4v) is 2.42. The van der Waals surface area contributed by atoms with Crippen molar-refractivity contribution < 1.29 is 17.6 Å². The van der Waals surface area contributed by atoms with Gasteiger partial charge in [-0.25, -0.2) is 4.39 Å². The summed E-state index contributed by atoms with van der Waals surface area (Å²) >= 11 is 0. The van der Waals surface area contributed by atoms with E-state index in [-0.39, 0.29) is 5.41 Å². The predicted molar refractivity (Wildman–Crippen MR) is 65.8 cm³/mol. The first-order chi connectivity index (χ1) is 8.72. The summed E-state index contributed by atoms with van der Waals surface area (Å²) < 4.78 is 51.4. The maximum absolute atomic E-state index is 13.3. The lowest BCUT2D eigenvalue weighted by Gasteiger charge is -2.31. The molecule has 0 amide bonds. The van der Waals surface area contributed by atoms with E-state index in [1.807, 2.05) is 13.8 Å². The Balaban J connectivity index is 2.50. The normalized spacial score (nSPS) is 19.2. The van der Waals surface area contributed by atoms with Crippen LogP contribution in [-0.4, -0.2) is 12.3 Å². The third-order valence-corrected chi connectivity index (χ3v) is 3.42. The topological polar surface area (TPSA) is 12.4 Å². The Hall–Kier alpha value is -1.39. The fourth-order valence-electron chi connectivity index (χ4n) is 2.42. The molecule has 1 aliphatic rings. The summed E-state index contributed by atoms with van der Waals surface area (Å²) in [5.74, 6) is -1.24. The minimum absolute atomic E-state index is 0.279. The summed E-state index contributed by atoms with van der Waals surface area (Å²) in [6.45, 7) is 4.50. The Morgan fingerprint density at radius 2 is 1.89 bits per heavy atom. The van der Waals surface area contributed by atoms with E-state index in [0.29, 0.717) is 17.8 Å². The number of rotatable bonds is 1. The van der Waals surface area contributed by atoms with Gasteiger partial charge in [0.15, 0.2) is 0 Å². The first-order valence-corrected chi connectivity index (χ1v) is 6.14. The molecule has 0 N–H and O–H groups in total.